The Hall–Kier alpha value is -1.11. The van der Waals surface area contributed by atoms with E-state index in [1.165, 1.54) is 6.26 Å². The fraction of sp³-hybridized carbons (Fsp3) is 0.600. The van der Waals surface area contributed by atoms with Crippen molar-refractivity contribution in [1.82, 2.24) is 9.62 Å². The van der Waals surface area contributed by atoms with Crippen LogP contribution < -0.4 is 5.32 Å². The third kappa shape index (κ3) is 4.18. The molecule has 0 aromatic heterocycles. The van der Waals surface area contributed by atoms with Crippen LogP contribution in [0, 0.1) is 5.92 Å². The SMILES string of the molecule is CC[C@H](NC[C@@H]1CCN(S(C)(=O)=O)C1)c1ccccc1O. The molecule has 0 radical (unpaired) electrons. The first kappa shape index (κ1) is 16.3. The number of phenols is 1. The van der Waals surface area contributed by atoms with Crippen molar-refractivity contribution in [2.75, 3.05) is 25.9 Å². The van der Waals surface area contributed by atoms with Gasteiger partial charge in [-0.1, -0.05) is 25.1 Å². The third-order valence-corrected chi connectivity index (χ3v) is 5.36. The minimum atomic E-state index is -3.07. The predicted octanol–water partition coefficient (Wildman–Crippen LogP) is 1.71. The van der Waals surface area contributed by atoms with E-state index < -0.39 is 10.0 Å². The minimum absolute atomic E-state index is 0.0958. The molecule has 0 aliphatic carbocycles. The third-order valence-electron chi connectivity index (χ3n) is 4.09. The van der Waals surface area contributed by atoms with E-state index in [2.05, 4.69) is 12.2 Å². The lowest BCUT2D eigenvalue weighted by Crippen LogP contribution is -2.31. The van der Waals surface area contributed by atoms with Gasteiger partial charge in [-0.05, 0) is 31.4 Å². The highest BCUT2D eigenvalue weighted by Crippen LogP contribution is 2.26. The van der Waals surface area contributed by atoms with Gasteiger partial charge in [-0.2, -0.15) is 0 Å². The topological polar surface area (TPSA) is 69.6 Å². The number of nitrogens with one attached hydrogen (secondary N) is 1. The molecule has 2 N–H and O–H groups in total. The molecule has 0 saturated carbocycles. The Morgan fingerprint density at radius 1 is 1.43 bits per heavy atom. The van der Waals surface area contributed by atoms with E-state index in [-0.39, 0.29) is 6.04 Å². The van der Waals surface area contributed by atoms with Crippen molar-refractivity contribution in [3.63, 3.8) is 0 Å². The van der Waals surface area contributed by atoms with Crippen molar-refractivity contribution in [3.05, 3.63) is 29.8 Å². The fourth-order valence-corrected chi connectivity index (χ4v) is 3.75. The molecule has 21 heavy (non-hydrogen) atoms. The maximum Gasteiger partial charge on any atom is 0.211 e. The van der Waals surface area contributed by atoms with Crippen molar-refractivity contribution in [1.29, 1.82) is 0 Å². The second-order valence-electron chi connectivity index (χ2n) is 5.70. The number of para-hydroxylation sites is 1. The Bertz CT molecular complexity index is 574. The zero-order valence-corrected chi connectivity index (χ0v) is 13.4. The molecule has 1 aromatic carbocycles. The average molecular weight is 312 g/mol. The standard InChI is InChI=1S/C15H24N2O3S/c1-3-14(13-6-4-5-7-15(13)18)16-10-12-8-9-17(11-12)21(2,19)20/h4-7,12,14,16,18H,3,8-11H2,1-2H3/t12-,14-/m0/s1. The first-order valence-corrected chi connectivity index (χ1v) is 9.23. The zero-order valence-electron chi connectivity index (χ0n) is 12.6. The summed E-state index contributed by atoms with van der Waals surface area (Å²) in [5.74, 6) is 0.640. The van der Waals surface area contributed by atoms with Gasteiger partial charge < -0.3 is 10.4 Å². The van der Waals surface area contributed by atoms with E-state index in [1.54, 1.807) is 10.4 Å². The van der Waals surface area contributed by atoms with Crippen LogP contribution in [-0.4, -0.2) is 43.7 Å². The van der Waals surface area contributed by atoms with Crippen LogP contribution >= 0.6 is 0 Å². The second-order valence-corrected chi connectivity index (χ2v) is 7.69. The number of hydrogen-bond acceptors (Lipinski definition) is 4. The number of nitrogens with zero attached hydrogens (tertiary/aromatic N) is 1. The molecule has 0 unspecified atom stereocenters. The molecule has 0 amide bonds. The second kappa shape index (κ2) is 6.77. The van der Waals surface area contributed by atoms with Gasteiger partial charge in [-0.25, -0.2) is 12.7 Å². The number of phenolic OH excluding ortho intramolecular Hbond substituents is 1. The highest BCUT2D eigenvalue weighted by atomic mass is 32.2. The normalized spacial score (nSPS) is 21.5. The highest BCUT2D eigenvalue weighted by molar-refractivity contribution is 7.88. The zero-order chi connectivity index (χ0) is 15.5. The van der Waals surface area contributed by atoms with E-state index in [0.29, 0.717) is 24.8 Å². The van der Waals surface area contributed by atoms with E-state index in [0.717, 1.165) is 24.9 Å². The van der Waals surface area contributed by atoms with Crippen molar-refractivity contribution in [2.45, 2.75) is 25.8 Å². The van der Waals surface area contributed by atoms with Crippen molar-refractivity contribution < 1.29 is 13.5 Å². The monoisotopic (exact) mass is 312 g/mol. The molecule has 2 atom stereocenters. The lowest BCUT2D eigenvalue weighted by molar-refractivity contribution is 0.405. The molecule has 2 rings (SSSR count). The smallest absolute Gasteiger partial charge is 0.211 e. The molecule has 6 heteroatoms. The van der Waals surface area contributed by atoms with Crippen LogP contribution in [0.25, 0.3) is 0 Å². The van der Waals surface area contributed by atoms with Crippen molar-refractivity contribution in [3.8, 4) is 5.75 Å². The number of rotatable bonds is 6. The first-order valence-electron chi connectivity index (χ1n) is 7.38. The number of sulfonamides is 1. The van der Waals surface area contributed by atoms with Crippen molar-refractivity contribution >= 4 is 10.0 Å². The first-order chi connectivity index (χ1) is 9.91. The molecule has 1 aromatic rings. The van der Waals surface area contributed by atoms with Crippen LogP contribution in [-0.2, 0) is 10.0 Å². The Morgan fingerprint density at radius 2 is 2.14 bits per heavy atom. The number of aromatic hydroxyl groups is 1. The van der Waals surface area contributed by atoms with Gasteiger partial charge in [0.15, 0.2) is 0 Å². The minimum Gasteiger partial charge on any atom is -0.508 e. The summed E-state index contributed by atoms with van der Waals surface area (Å²) in [6.45, 7) is 4.03. The lowest BCUT2D eigenvalue weighted by atomic mass is 10.0. The summed E-state index contributed by atoms with van der Waals surface area (Å²) in [7, 11) is -3.07. The van der Waals surface area contributed by atoms with Crippen molar-refractivity contribution in [2.24, 2.45) is 5.92 Å². The summed E-state index contributed by atoms with van der Waals surface area (Å²) in [5.41, 5.74) is 0.901. The quantitative estimate of drug-likeness (QED) is 0.839. The molecule has 1 aliphatic rings. The molecule has 1 fully saturated rings. The molecule has 1 saturated heterocycles. The van der Waals surface area contributed by atoms with Crippen LogP contribution in [0.4, 0.5) is 0 Å². The summed E-state index contributed by atoms with van der Waals surface area (Å²) in [4.78, 5) is 0. The van der Waals surface area contributed by atoms with Crippen LogP contribution in [0.2, 0.25) is 0 Å². The van der Waals surface area contributed by atoms with Gasteiger partial charge in [-0.15, -0.1) is 0 Å². The summed E-state index contributed by atoms with van der Waals surface area (Å²) in [5, 5.41) is 13.4. The van der Waals surface area contributed by atoms with Gasteiger partial charge in [0.1, 0.15) is 5.75 Å². The Kier molecular flexibility index (Phi) is 5.24. The summed E-state index contributed by atoms with van der Waals surface area (Å²) in [6, 6.07) is 7.44. The van der Waals surface area contributed by atoms with Crippen LogP contribution in [0.3, 0.4) is 0 Å². The molecule has 1 heterocycles. The van der Waals surface area contributed by atoms with Gasteiger partial charge in [-0.3, -0.25) is 0 Å². The molecule has 0 spiro atoms. The van der Waals surface area contributed by atoms with Gasteiger partial charge in [0.05, 0.1) is 6.26 Å². The average Bonchev–Trinajstić information content (AvgIpc) is 2.90. The summed E-state index contributed by atoms with van der Waals surface area (Å²) >= 11 is 0. The molecule has 1 aliphatic heterocycles. The lowest BCUT2D eigenvalue weighted by Gasteiger charge is -2.21. The Morgan fingerprint density at radius 3 is 2.71 bits per heavy atom. The molecule has 118 valence electrons. The fourth-order valence-electron chi connectivity index (χ4n) is 2.83. The largest absolute Gasteiger partial charge is 0.508 e. The van der Waals surface area contributed by atoms with Crippen LogP contribution in [0.5, 0.6) is 5.75 Å². The molecule has 5 nitrogen and oxygen atoms in total. The molecular weight excluding hydrogens is 288 g/mol. The predicted molar refractivity (Wildman–Crippen MR) is 83.7 cm³/mol. The summed E-state index contributed by atoms with van der Waals surface area (Å²) in [6.07, 6.45) is 3.02. The van der Waals surface area contributed by atoms with Crippen LogP contribution in [0.15, 0.2) is 24.3 Å². The highest BCUT2D eigenvalue weighted by Gasteiger charge is 2.28. The van der Waals surface area contributed by atoms with E-state index in [4.69, 9.17) is 0 Å². The molecule has 0 bridgehead atoms. The number of hydrogen-bond donors (Lipinski definition) is 2. The van der Waals surface area contributed by atoms with Crippen LogP contribution in [0.1, 0.15) is 31.4 Å². The van der Waals surface area contributed by atoms with E-state index >= 15 is 0 Å². The molecular formula is C15H24N2O3S. The Labute approximate surface area is 127 Å². The summed E-state index contributed by atoms with van der Waals surface area (Å²) < 4.78 is 24.6. The van der Waals surface area contributed by atoms with Gasteiger partial charge in [0.2, 0.25) is 10.0 Å². The van der Waals surface area contributed by atoms with Gasteiger partial charge in [0.25, 0.3) is 0 Å². The number of benzene rings is 1. The van der Waals surface area contributed by atoms with E-state index in [9.17, 15) is 13.5 Å². The van der Waals surface area contributed by atoms with Gasteiger partial charge in [0, 0.05) is 24.7 Å². The van der Waals surface area contributed by atoms with Gasteiger partial charge >= 0.3 is 0 Å². The Balaban J connectivity index is 1.92. The van der Waals surface area contributed by atoms with E-state index in [1.807, 2.05) is 18.2 Å². The maximum absolute atomic E-state index is 11.5. The maximum atomic E-state index is 11.5.